The van der Waals surface area contributed by atoms with Gasteiger partial charge < -0.3 is 15.5 Å². The molecule has 0 radical (unpaired) electrons. The van der Waals surface area contributed by atoms with Crippen molar-refractivity contribution in [2.45, 2.75) is 0 Å². The minimum atomic E-state index is -0.507. The number of nitrogens with one attached hydrogen (secondary N) is 2. The number of benzene rings is 1. The molecule has 2 N–H and O–H groups in total. The van der Waals surface area contributed by atoms with Gasteiger partial charge in [-0.25, -0.2) is 4.79 Å². The van der Waals surface area contributed by atoms with Gasteiger partial charge in [-0.3, -0.25) is 10.1 Å². The van der Waals surface area contributed by atoms with Crippen molar-refractivity contribution < 1.29 is 9.72 Å². The van der Waals surface area contributed by atoms with Crippen molar-refractivity contribution in [3.63, 3.8) is 0 Å². The number of carbonyl (C=O) groups excluding carboxylic acids is 1. The number of rotatable bonds is 5. The van der Waals surface area contributed by atoms with Crippen LogP contribution in [0.4, 0.5) is 16.2 Å². The molecule has 2 amide bonds. The fourth-order valence-electron chi connectivity index (χ4n) is 1.35. The van der Waals surface area contributed by atoms with E-state index in [2.05, 4.69) is 10.6 Å². The summed E-state index contributed by atoms with van der Waals surface area (Å²) in [7, 11) is 3.25. The third-order valence-electron chi connectivity index (χ3n) is 2.30. The number of anilines is 1. The minimum absolute atomic E-state index is 0.0913. The van der Waals surface area contributed by atoms with Gasteiger partial charge in [0, 0.05) is 33.3 Å². The summed E-state index contributed by atoms with van der Waals surface area (Å²) in [5.74, 6) is 0. The lowest BCUT2D eigenvalue weighted by Crippen LogP contribution is -2.37. The van der Waals surface area contributed by atoms with Crippen molar-refractivity contribution >= 4 is 29.0 Å². The quantitative estimate of drug-likeness (QED) is 0.492. The first kappa shape index (κ1) is 15.0. The molecule has 1 aromatic rings. The number of hydrogen-bond acceptors (Lipinski definition) is 4. The molecule has 0 aliphatic rings. The van der Waals surface area contributed by atoms with Crippen molar-refractivity contribution in [3.05, 3.63) is 33.3 Å². The molecule has 0 heterocycles. The largest absolute Gasteiger partial charge is 0.376 e. The van der Waals surface area contributed by atoms with Crippen molar-refractivity contribution in [3.8, 4) is 0 Å². The van der Waals surface area contributed by atoms with Crippen LogP contribution in [0.1, 0.15) is 0 Å². The number of nitro groups is 1. The Balaban J connectivity index is 2.58. The van der Waals surface area contributed by atoms with Crippen LogP contribution < -0.4 is 10.6 Å². The lowest BCUT2D eigenvalue weighted by molar-refractivity contribution is -0.383. The van der Waals surface area contributed by atoms with Gasteiger partial charge in [0.15, 0.2) is 0 Å². The molecule has 19 heavy (non-hydrogen) atoms. The summed E-state index contributed by atoms with van der Waals surface area (Å²) in [6, 6.07) is 4.22. The van der Waals surface area contributed by atoms with Crippen LogP contribution in [0.5, 0.6) is 0 Å². The Hall–Kier alpha value is -2.02. The third kappa shape index (κ3) is 4.29. The van der Waals surface area contributed by atoms with Crippen LogP contribution in [0.3, 0.4) is 0 Å². The van der Waals surface area contributed by atoms with E-state index in [-0.39, 0.29) is 22.4 Å². The van der Waals surface area contributed by atoms with E-state index >= 15 is 0 Å². The van der Waals surface area contributed by atoms with E-state index in [4.69, 9.17) is 11.6 Å². The molecule has 7 nitrogen and oxygen atoms in total. The molecule has 0 aliphatic heterocycles. The van der Waals surface area contributed by atoms with Crippen LogP contribution in [0.15, 0.2) is 18.2 Å². The van der Waals surface area contributed by atoms with Gasteiger partial charge in [0.05, 0.1) is 9.95 Å². The molecule has 8 heteroatoms. The highest BCUT2D eigenvalue weighted by Gasteiger charge is 2.15. The van der Waals surface area contributed by atoms with Gasteiger partial charge >= 0.3 is 6.03 Å². The molecule has 0 saturated heterocycles. The first-order valence-electron chi connectivity index (χ1n) is 5.55. The van der Waals surface area contributed by atoms with Gasteiger partial charge in [-0.15, -0.1) is 0 Å². The summed E-state index contributed by atoms with van der Waals surface area (Å²) in [6.45, 7) is 0.670. The van der Waals surface area contributed by atoms with Gasteiger partial charge in [-0.1, -0.05) is 17.7 Å². The summed E-state index contributed by atoms with van der Waals surface area (Å²) in [6.07, 6.45) is 0. The maximum atomic E-state index is 11.2. The van der Waals surface area contributed by atoms with E-state index in [9.17, 15) is 14.9 Å². The zero-order valence-electron chi connectivity index (χ0n) is 10.6. The number of nitrogens with zero attached hydrogens (tertiary/aromatic N) is 2. The van der Waals surface area contributed by atoms with Gasteiger partial charge in [-0.05, 0) is 6.07 Å². The summed E-state index contributed by atoms with van der Waals surface area (Å²) in [5, 5.41) is 16.6. The van der Waals surface area contributed by atoms with E-state index in [0.717, 1.165) is 0 Å². The van der Waals surface area contributed by atoms with E-state index in [1.807, 2.05) is 0 Å². The average Bonchev–Trinajstić information content (AvgIpc) is 2.35. The summed E-state index contributed by atoms with van der Waals surface area (Å²) < 4.78 is 0. The second kappa shape index (κ2) is 6.79. The molecule has 0 atom stereocenters. The molecule has 104 valence electrons. The van der Waals surface area contributed by atoms with Crippen LogP contribution >= 0.6 is 11.6 Å². The minimum Gasteiger partial charge on any atom is -0.376 e. The number of amides is 2. The first-order chi connectivity index (χ1) is 8.93. The predicted octanol–water partition coefficient (Wildman–Crippen LogP) is 1.93. The molecule has 0 unspecified atom stereocenters. The SMILES string of the molecule is CN(C)C(=O)NCCNc1c(Cl)cccc1[N+](=O)[O-]. The van der Waals surface area contributed by atoms with Crippen LogP contribution in [-0.2, 0) is 0 Å². The zero-order chi connectivity index (χ0) is 14.4. The molecule has 0 bridgehead atoms. The Morgan fingerprint density at radius 2 is 2.11 bits per heavy atom. The number of nitro benzene ring substituents is 1. The van der Waals surface area contributed by atoms with Crippen LogP contribution in [0.2, 0.25) is 5.02 Å². The fraction of sp³-hybridized carbons (Fsp3) is 0.364. The molecule has 0 spiro atoms. The highest BCUT2D eigenvalue weighted by molar-refractivity contribution is 6.33. The normalized spacial score (nSPS) is 9.84. The molecule has 0 aromatic heterocycles. The Bertz CT molecular complexity index is 479. The standard InChI is InChI=1S/C11H15ClN4O3/c1-15(2)11(17)14-7-6-13-10-8(12)4-3-5-9(10)16(18)19/h3-5,13H,6-7H2,1-2H3,(H,14,17). The number of hydrogen-bond donors (Lipinski definition) is 2. The molecule has 0 fully saturated rings. The number of urea groups is 1. The third-order valence-corrected chi connectivity index (χ3v) is 2.61. The average molecular weight is 287 g/mol. The first-order valence-corrected chi connectivity index (χ1v) is 5.93. The van der Waals surface area contributed by atoms with E-state index < -0.39 is 4.92 Å². The lowest BCUT2D eigenvalue weighted by atomic mass is 10.2. The van der Waals surface area contributed by atoms with E-state index in [1.165, 1.54) is 17.0 Å². The molecular weight excluding hydrogens is 272 g/mol. The molecular formula is C11H15ClN4O3. The summed E-state index contributed by atoms with van der Waals surface area (Å²) >= 11 is 5.90. The summed E-state index contributed by atoms with van der Waals surface area (Å²) in [4.78, 5) is 23.0. The molecule has 1 rings (SSSR count). The van der Waals surface area contributed by atoms with Crippen LogP contribution in [0.25, 0.3) is 0 Å². The molecule has 0 aliphatic carbocycles. The Morgan fingerprint density at radius 1 is 1.42 bits per heavy atom. The van der Waals surface area contributed by atoms with Gasteiger partial charge in [0.2, 0.25) is 0 Å². The second-order valence-electron chi connectivity index (χ2n) is 3.94. The highest BCUT2D eigenvalue weighted by Crippen LogP contribution is 2.31. The van der Waals surface area contributed by atoms with Crippen LogP contribution in [0, 0.1) is 10.1 Å². The predicted molar refractivity (Wildman–Crippen MR) is 73.7 cm³/mol. The van der Waals surface area contributed by atoms with Gasteiger partial charge in [-0.2, -0.15) is 0 Å². The number of carbonyl (C=O) groups is 1. The number of para-hydroxylation sites is 1. The van der Waals surface area contributed by atoms with Crippen molar-refractivity contribution in [1.82, 2.24) is 10.2 Å². The maximum Gasteiger partial charge on any atom is 0.316 e. The highest BCUT2D eigenvalue weighted by atomic mass is 35.5. The zero-order valence-corrected chi connectivity index (χ0v) is 11.4. The van der Waals surface area contributed by atoms with Crippen molar-refractivity contribution in [1.29, 1.82) is 0 Å². The monoisotopic (exact) mass is 286 g/mol. The van der Waals surface area contributed by atoms with Crippen LogP contribution in [-0.4, -0.2) is 43.0 Å². The second-order valence-corrected chi connectivity index (χ2v) is 4.35. The van der Waals surface area contributed by atoms with E-state index in [0.29, 0.717) is 13.1 Å². The maximum absolute atomic E-state index is 11.2. The molecule has 0 saturated carbocycles. The smallest absolute Gasteiger partial charge is 0.316 e. The molecule has 1 aromatic carbocycles. The Morgan fingerprint density at radius 3 is 2.68 bits per heavy atom. The van der Waals surface area contributed by atoms with Crippen molar-refractivity contribution in [2.75, 3.05) is 32.5 Å². The van der Waals surface area contributed by atoms with Gasteiger partial charge in [0.25, 0.3) is 5.69 Å². The Kier molecular flexibility index (Phi) is 5.37. The Labute approximate surface area is 115 Å². The lowest BCUT2D eigenvalue weighted by Gasteiger charge is -2.13. The summed E-state index contributed by atoms with van der Waals surface area (Å²) in [5.41, 5.74) is 0.166. The van der Waals surface area contributed by atoms with Crippen molar-refractivity contribution in [2.24, 2.45) is 0 Å². The van der Waals surface area contributed by atoms with E-state index in [1.54, 1.807) is 20.2 Å². The fourth-order valence-corrected chi connectivity index (χ4v) is 1.59. The topological polar surface area (TPSA) is 87.5 Å². The van der Waals surface area contributed by atoms with Gasteiger partial charge in [0.1, 0.15) is 5.69 Å². The number of halogens is 1.